The summed E-state index contributed by atoms with van der Waals surface area (Å²) in [6, 6.07) is 3.64. The average molecular weight is 323 g/mol. The summed E-state index contributed by atoms with van der Waals surface area (Å²) in [7, 11) is 0. The molecule has 0 spiro atoms. The largest absolute Gasteiger partial charge is 0.454 e. The number of fused-ring (bicyclic) bond motifs is 2. The summed E-state index contributed by atoms with van der Waals surface area (Å²) in [6.07, 6.45) is 5.47. The lowest BCUT2D eigenvalue weighted by Gasteiger charge is -1.88. The number of aromatic nitrogens is 4. The number of thioether (sulfide) groups is 1. The zero-order chi connectivity index (χ0) is 13.7. The highest BCUT2D eigenvalue weighted by molar-refractivity contribution is 8.00. The van der Waals surface area contributed by atoms with E-state index in [9.17, 15) is 0 Å². The standard InChI is InChI=1S/C12H7ClN4OS2/c1-19-12-16-17-5-7(15-11(17)20-12)9-4-6-8(18-9)2-3-14-10(6)13/h2-5H,1H3. The Labute approximate surface area is 126 Å². The number of nitrogens with zero attached hydrogens (tertiary/aromatic N) is 4. The minimum absolute atomic E-state index is 0.432. The molecule has 0 aromatic carbocycles. The molecule has 4 rings (SSSR count). The molecular weight excluding hydrogens is 316 g/mol. The Morgan fingerprint density at radius 1 is 1.45 bits per heavy atom. The van der Waals surface area contributed by atoms with Gasteiger partial charge in [0.25, 0.3) is 0 Å². The lowest BCUT2D eigenvalue weighted by atomic mass is 10.3. The van der Waals surface area contributed by atoms with Crippen LogP contribution in [0.25, 0.3) is 27.4 Å². The van der Waals surface area contributed by atoms with Gasteiger partial charge in [0.2, 0.25) is 4.96 Å². The van der Waals surface area contributed by atoms with Gasteiger partial charge >= 0.3 is 0 Å². The van der Waals surface area contributed by atoms with Crippen molar-refractivity contribution in [2.75, 3.05) is 6.26 Å². The zero-order valence-corrected chi connectivity index (χ0v) is 12.6. The Kier molecular flexibility index (Phi) is 2.73. The van der Waals surface area contributed by atoms with Crippen LogP contribution in [0, 0.1) is 0 Å². The third kappa shape index (κ3) is 1.81. The van der Waals surface area contributed by atoms with Crippen molar-refractivity contribution in [2.24, 2.45) is 0 Å². The van der Waals surface area contributed by atoms with Crippen LogP contribution < -0.4 is 0 Å². The smallest absolute Gasteiger partial charge is 0.213 e. The first kappa shape index (κ1) is 12.2. The number of hydrogen-bond donors (Lipinski definition) is 0. The summed E-state index contributed by atoms with van der Waals surface area (Å²) >= 11 is 9.20. The molecule has 0 radical (unpaired) electrons. The van der Waals surface area contributed by atoms with E-state index in [2.05, 4.69) is 15.1 Å². The maximum atomic E-state index is 6.05. The topological polar surface area (TPSA) is 56.2 Å². The predicted octanol–water partition coefficient (Wildman–Crippen LogP) is 3.97. The van der Waals surface area contributed by atoms with Crippen molar-refractivity contribution in [1.29, 1.82) is 0 Å². The molecule has 4 aromatic heterocycles. The first-order valence-corrected chi connectivity index (χ1v) is 8.11. The Balaban J connectivity index is 1.87. The van der Waals surface area contributed by atoms with Crippen LogP contribution in [-0.2, 0) is 0 Å². The monoisotopic (exact) mass is 322 g/mol. The van der Waals surface area contributed by atoms with Crippen LogP contribution in [0.1, 0.15) is 0 Å². The van der Waals surface area contributed by atoms with E-state index in [4.69, 9.17) is 16.0 Å². The first-order chi connectivity index (χ1) is 9.74. The summed E-state index contributed by atoms with van der Waals surface area (Å²) < 4.78 is 8.51. The van der Waals surface area contributed by atoms with Crippen molar-refractivity contribution < 1.29 is 4.42 Å². The Morgan fingerprint density at radius 2 is 2.35 bits per heavy atom. The molecular formula is C12H7ClN4OS2. The van der Waals surface area contributed by atoms with E-state index in [1.165, 1.54) is 0 Å². The molecule has 0 amide bonds. The van der Waals surface area contributed by atoms with Gasteiger partial charge in [0, 0.05) is 6.20 Å². The fraction of sp³-hybridized carbons (Fsp3) is 0.0833. The predicted molar refractivity (Wildman–Crippen MR) is 80.7 cm³/mol. The minimum atomic E-state index is 0.432. The van der Waals surface area contributed by atoms with E-state index in [0.717, 1.165) is 20.4 Å². The molecule has 0 aliphatic carbocycles. The van der Waals surface area contributed by atoms with Crippen molar-refractivity contribution in [3.8, 4) is 11.5 Å². The average Bonchev–Trinajstić information content (AvgIpc) is 3.09. The van der Waals surface area contributed by atoms with Gasteiger partial charge in [-0.25, -0.2) is 14.5 Å². The van der Waals surface area contributed by atoms with Crippen molar-refractivity contribution in [3.63, 3.8) is 0 Å². The van der Waals surface area contributed by atoms with Crippen LogP contribution in [0.4, 0.5) is 0 Å². The van der Waals surface area contributed by atoms with Gasteiger partial charge in [0.15, 0.2) is 10.1 Å². The van der Waals surface area contributed by atoms with Gasteiger partial charge in [0.1, 0.15) is 16.4 Å². The highest BCUT2D eigenvalue weighted by Crippen LogP contribution is 2.31. The molecule has 100 valence electrons. The molecule has 0 aliphatic heterocycles. The Morgan fingerprint density at radius 3 is 3.10 bits per heavy atom. The summed E-state index contributed by atoms with van der Waals surface area (Å²) in [5, 5.41) is 5.63. The number of furan rings is 1. The second kappa shape index (κ2) is 4.47. The Bertz CT molecular complexity index is 895. The number of imidazole rings is 1. The molecule has 20 heavy (non-hydrogen) atoms. The van der Waals surface area contributed by atoms with Gasteiger partial charge in [-0.1, -0.05) is 34.7 Å². The fourth-order valence-corrected chi connectivity index (χ4v) is 3.49. The van der Waals surface area contributed by atoms with Crippen LogP contribution >= 0.6 is 34.7 Å². The molecule has 4 aromatic rings. The van der Waals surface area contributed by atoms with Crippen LogP contribution in [0.2, 0.25) is 5.15 Å². The summed E-state index contributed by atoms with van der Waals surface area (Å²) in [4.78, 5) is 9.40. The van der Waals surface area contributed by atoms with Crippen LogP contribution in [0.3, 0.4) is 0 Å². The minimum Gasteiger partial charge on any atom is -0.454 e. The summed E-state index contributed by atoms with van der Waals surface area (Å²) in [5.74, 6) is 0.665. The van der Waals surface area contributed by atoms with Crippen LogP contribution in [0.5, 0.6) is 0 Å². The van der Waals surface area contributed by atoms with E-state index < -0.39 is 0 Å². The quantitative estimate of drug-likeness (QED) is 0.413. The molecule has 5 nitrogen and oxygen atoms in total. The molecule has 0 atom stereocenters. The highest BCUT2D eigenvalue weighted by Gasteiger charge is 2.14. The first-order valence-electron chi connectivity index (χ1n) is 5.69. The van der Waals surface area contributed by atoms with Crippen LogP contribution in [0.15, 0.2) is 33.3 Å². The van der Waals surface area contributed by atoms with Gasteiger partial charge in [0.05, 0.1) is 11.6 Å². The second-order valence-corrected chi connectivity index (χ2v) is 6.42. The lowest BCUT2D eigenvalue weighted by molar-refractivity contribution is 0.629. The molecule has 4 heterocycles. The van der Waals surface area contributed by atoms with E-state index >= 15 is 0 Å². The molecule has 8 heteroatoms. The van der Waals surface area contributed by atoms with Crippen molar-refractivity contribution in [2.45, 2.75) is 4.34 Å². The van der Waals surface area contributed by atoms with E-state index in [1.807, 2.05) is 18.5 Å². The number of pyridine rings is 1. The van der Waals surface area contributed by atoms with Crippen molar-refractivity contribution in [1.82, 2.24) is 19.6 Å². The molecule has 0 aliphatic rings. The SMILES string of the molecule is CSc1nn2cc(-c3cc4c(Cl)nccc4o3)nc2s1. The maximum Gasteiger partial charge on any atom is 0.213 e. The maximum absolute atomic E-state index is 6.05. The highest BCUT2D eigenvalue weighted by atomic mass is 35.5. The van der Waals surface area contributed by atoms with E-state index in [0.29, 0.717) is 16.5 Å². The fourth-order valence-electron chi connectivity index (χ4n) is 1.94. The third-order valence-electron chi connectivity index (χ3n) is 2.85. The van der Waals surface area contributed by atoms with Crippen molar-refractivity contribution in [3.05, 3.63) is 29.7 Å². The summed E-state index contributed by atoms with van der Waals surface area (Å²) in [6.45, 7) is 0. The van der Waals surface area contributed by atoms with Crippen molar-refractivity contribution >= 4 is 50.6 Å². The van der Waals surface area contributed by atoms with Crippen LogP contribution in [-0.4, -0.2) is 25.8 Å². The second-order valence-electron chi connectivity index (χ2n) is 4.05. The molecule has 0 saturated carbocycles. The lowest BCUT2D eigenvalue weighted by Crippen LogP contribution is -1.79. The van der Waals surface area contributed by atoms with Gasteiger partial charge in [-0.3, -0.25) is 0 Å². The molecule has 0 fully saturated rings. The number of halogens is 1. The molecule has 0 bridgehead atoms. The van der Waals surface area contributed by atoms with Gasteiger partial charge in [-0.15, -0.1) is 5.10 Å². The Hall–Kier alpha value is -1.57. The van der Waals surface area contributed by atoms with E-state index in [1.54, 1.807) is 39.9 Å². The summed E-state index contributed by atoms with van der Waals surface area (Å²) in [5.41, 5.74) is 1.44. The van der Waals surface area contributed by atoms with Gasteiger partial charge < -0.3 is 4.42 Å². The van der Waals surface area contributed by atoms with Gasteiger partial charge in [-0.05, 0) is 18.4 Å². The number of rotatable bonds is 2. The van der Waals surface area contributed by atoms with Gasteiger partial charge in [-0.2, -0.15) is 0 Å². The van der Waals surface area contributed by atoms with E-state index in [-0.39, 0.29) is 0 Å². The number of hydrogen-bond acceptors (Lipinski definition) is 6. The molecule has 0 N–H and O–H groups in total. The molecule has 0 saturated heterocycles. The third-order valence-corrected chi connectivity index (χ3v) is 5.05. The normalized spacial score (nSPS) is 11.7. The zero-order valence-electron chi connectivity index (χ0n) is 10.2. The molecule has 0 unspecified atom stereocenters.